The first-order chi connectivity index (χ1) is 15.3. The van der Waals surface area contributed by atoms with Crippen molar-refractivity contribution >= 4 is 18.0 Å². The van der Waals surface area contributed by atoms with E-state index in [9.17, 15) is 19.5 Å². The fourth-order valence-corrected chi connectivity index (χ4v) is 3.89. The number of aliphatic carboxylic acids is 1. The number of carbonyl (C=O) groups excluding carboxylic acids is 2. The van der Waals surface area contributed by atoms with E-state index in [0.29, 0.717) is 12.8 Å². The van der Waals surface area contributed by atoms with Crippen LogP contribution in [0.4, 0.5) is 4.79 Å². The fourth-order valence-electron chi connectivity index (χ4n) is 3.89. The summed E-state index contributed by atoms with van der Waals surface area (Å²) in [6, 6.07) is 15.3. The van der Waals surface area contributed by atoms with Crippen molar-refractivity contribution in [3.05, 3.63) is 59.7 Å². The number of hydrogen-bond acceptors (Lipinski definition) is 4. The SMILES string of the molecule is CC[C@@H](NC(=O)OCC1c2ccccc2-c2ccccc21)C(=O)NCC(C)(CC)C(=O)O. The van der Waals surface area contributed by atoms with Gasteiger partial charge >= 0.3 is 12.1 Å². The average Bonchev–Trinajstić information content (AvgIpc) is 3.13. The maximum atomic E-state index is 12.5. The lowest BCUT2D eigenvalue weighted by molar-refractivity contribution is -0.148. The molecule has 0 spiro atoms. The van der Waals surface area contributed by atoms with Crippen molar-refractivity contribution in [2.24, 2.45) is 5.41 Å². The largest absolute Gasteiger partial charge is 0.481 e. The zero-order valence-electron chi connectivity index (χ0n) is 18.7. The van der Waals surface area contributed by atoms with Gasteiger partial charge in [-0.1, -0.05) is 62.4 Å². The van der Waals surface area contributed by atoms with Crippen LogP contribution in [0.1, 0.15) is 50.7 Å². The molecule has 1 aliphatic rings. The van der Waals surface area contributed by atoms with Crippen molar-refractivity contribution in [3.63, 3.8) is 0 Å². The standard InChI is InChI=1S/C25H30N2O5/c1-4-21(22(28)26-15-25(3,5-2)23(29)30)27-24(31)32-14-20-18-12-8-6-10-16(18)17-11-7-9-13-19(17)20/h6-13,20-21H,4-5,14-15H2,1-3H3,(H,26,28)(H,27,31)(H,29,30)/t21-,25?/m1/s1. The van der Waals surface area contributed by atoms with Crippen molar-refractivity contribution in [1.82, 2.24) is 10.6 Å². The van der Waals surface area contributed by atoms with Crippen LogP contribution in [0.25, 0.3) is 11.1 Å². The lowest BCUT2D eigenvalue weighted by Gasteiger charge is -2.25. The van der Waals surface area contributed by atoms with Crippen LogP contribution in [-0.4, -0.2) is 42.3 Å². The summed E-state index contributed by atoms with van der Waals surface area (Å²) in [6.45, 7) is 5.25. The molecule has 2 amide bonds. The summed E-state index contributed by atoms with van der Waals surface area (Å²) in [5, 5.41) is 14.6. The third kappa shape index (κ3) is 4.77. The second-order valence-corrected chi connectivity index (χ2v) is 8.37. The third-order valence-electron chi connectivity index (χ3n) is 6.31. The van der Waals surface area contributed by atoms with Crippen molar-refractivity contribution in [1.29, 1.82) is 0 Å². The monoisotopic (exact) mass is 438 g/mol. The molecule has 7 heteroatoms. The molecule has 2 atom stereocenters. The molecule has 1 aliphatic carbocycles. The van der Waals surface area contributed by atoms with E-state index in [-0.39, 0.29) is 19.1 Å². The van der Waals surface area contributed by atoms with E-state index in [2.05, 4.69) is 22.8 Å². The molecule has 0 heterocycles. The van der Waals surface area contributed by atoms with Gasteiger partial charge in [-0.05, 0) is 42.0 Å². The molecule has 0 radical (unpaired) electrons. The number of alkyl carbamates (subject to hydrolysis) is 1. The summed E-state index contributed by atoms with van der Waals surface area (Å²) in [4.78, 5) is 36.4. The Hall–Kier alpha value is -3.35. The Morgan fingerprint density at radius 1 is 1.03 bits per heavy atom. The number of nitrogens with one attached hydrogen (secondary N) is 2. The van der Waals surface area contributed by atoms with Gasteiger partial charge in [-0.3, -0.25) is 9.59 Å². The number of benzene rings is 2. The molecule has 2 aromatic rings. The Labute approximate surface area is 188 Å². The van der Waals surface area contributed by atoms with Gasteiger partial charge in [0.2, 0.25) is 5.91 Å². The first-order valence-electron chi connectivity index (χ1n) is 10.9. The molecule has 3 N–H and O–H groups in total. The zero-order chi connectivity index (χ0) is 23.3. The van der Waals surface area contributed by atoms with E-state index in [0.717, 1.165) is 22.3 Å². The zero-order valence-corrected chi connectivity index (χ0v) is 18.7. The Kier molecular flexibility index (Phi) is 7.18. The quantitative estimate of drug-likeness (QED) is 0.550. The van der Waals surface area contributed by atoms with Crippen molar-refractivity contribution in [3.8, 4) is 11.1 Å². The number of hydrogen-bond donors (Lipinski definition) is 3. The van der Waals surface area contributed by atoms with Gasteiger partial charge in [0.15, 0.2) is 0 Å². The number of carboxylic acids is 1. The molecule has 32 heavy (non-hydrogen) atoms. The third-order valence-corrected chi connectivity index (χ3v) is 6.31. The highest BCUT2D eigenvalue weighted by Crippen LogP contribution is 2.44. The van der Waals surface area contributed by atoms with Gasteiger partial charge in [0.1, 0.15) is 12.6 Å². The highest BCUT2D eigenvalue weighted by Gasteiger charge is 2.33. The summed E-state index contributed by atoms with van der Waals surface area (Å²) in [5.74, 6) is -1.47. The number of ether oxygens (including phenoxy) is 1. The fraction of sp³-hybridized carbons (Fsp3) is 0.400. The van der Waals surface area contributed by atoms with Crippen LogP contribution >= 0.6 is 0 Å². The molecule has 0 saturated heterocycles. The van der Waals surface area contributed by atoms with Gasteiger partial charge < -0.3 is 20.5 Å². The summed E-state index contributed by atoms with van der Waals surface area (Å²) in [5.41, 5.74) is 3.44. The molecule has 0 fully saturated rings. The van der Waals surface area contributed by atoms with Crippen LogP contribution in [0.3, 0.4) is 0 Å². The van der Waals surface area contributed by atoms with Gasteiger partial charge in [0.25, 0.3) is 0 Å². The normalized spacial score (nSPS) is 15.1. The summed E-state index contributed by atoms with van der Waals surface area (Å²) in [6.07, 6.45) is 0.0517. The minimum absolute atomic E-state index is 0.0134. The summed E-state index contributed by atoms with van der Waals surface area (Å²) >= 11 is 0. The van der Waals surface area contributed by atoms with Crippen molar-refractivity contribution in [2.75, 3.05) is 13.2 Å². The van der Waals surface area contributed by atoms with E-state index in [4.69, 9.17) is 4.74 Å². The van der Waals surface area contributed by atoms with Crippen molar-refractivity contribution < 1.29 is 24.2 Å². The number of carboxylic acid groups (broad SMARTS) is 1. The first-order valence-corrected chi connectivity index (χ1v) is 10.9. The second-order valence-electron chi connectivity index (χ2n) is 8.37. The molecule has 0 aliphatic heterocycles. The molecule has 1 unspecified atom stereocenters. The van der Waals surface area contributed by atoms with E-state index < -0.39 is 29.4 Å². The van der Waals surface area contributed by atoms with Crippen LogP contribution in [0.2, 0.25) is 0 Å². The lowest BCUT2D eigenvalue weighted by Crippen LogP contribution is -2.50. The maximum absolute atomic E-state index is 12.5. The van der Waals surface area contributed by atoms with Crippen LogP contribution in [0.15, 0.2) is 48.5 Å². The van der Waals surface area contributed by atoms with Crippen LogP contribution in [-0.2, 0) is 14.3 Å². The highest BCUT2D eigenvalue weighted by atomic mass is 16.5. The van der Waals surface area contributed by atoms with Gasteiger partial charge in [0, 0.05) is 12.5 Å². The predicted octanol–water partition coefficient (Wildman–Crippen LogP) is 3.92. The number of amides is 2. The van der Waals surface area contributed by atoms with E-state index in [1.165, 1.54) is 0 Å². The molecule has 2 aromatic carbocycles. The Morgan fingerprint density at radius 3 is 2.09 bits per heavy atom. The molecule has 3 rings (SSSR count). The average molecular weight is 439 g/mol. The van der Waals surface area contributed by atoms with Crippen LogP contribution < -0.4 is 10.6 Å². The molecule has 170 valence electrons. The second kappa shape index (κ2) is 9.85. The predicted molar refractivity (Wildman–Crippen MR) is 121 cm³/mol. The van der Waals surface area contributed by atoms with Crippen LogP contribution in [0, 0.1) is 5.41 Å². The highest BCUT2D eigenvalue weighted by molar-refractivity contribution is 5.86. The Morgan fingerprint density at radius 2 is 1.59 bits per heavy atom. The van der Waals surface area contributed by atoms with E-state index in [1.807, 2.05) is 36.4 Å². The molecular weight excluding hydrogens is 408 g/mol. The molecule has 0 bridgehead atoms. The van der Waals surface area contributed by atoms with E-state index >= 15 is 0 Å². The minimum atomic E-state index is -1.06. The molecule has 7 nitrogen and oxygen atoms in total. The minimum Gasteiger partial charge on any atom is -0.481 e. The number of rotatable bonds is 9. The Bertz CT molecular complexity index is 960. The molecule has 0 saturated carbocycles. The maximum Gasteiger partial charge on any atom is 0.407 e. The lowest BCUT2D eigenvalue weighted by atomic mass is 9.87. The summed E-state index contributed by atoms with van der Waals surface area (Å²) < 4.78 is 5.50. The van der Waals surface area contributed by atoms with E-state index in [1.54, 1.807) is 20.8 Å². The molecular formula is C25H30N2O5. The Balaban J connectivity index is 1.59. The number of fused-ring (bicyclic) bond motifs is 3. The van der Waals surface area contributed by atoms with Gasteiger partial charge in [-0.25, -0.2) is 4.79 Å². The topological polar surface area (TPSA) is 105 Å². The van der Waals surface area contributed by atoms with Crippen LogP contribution in [0.5, 0.6) is 0 Å². The van der Waals surface area contributed by atoms with Gasteiger partial charge in [0.05, 0.1) is 5.41 Å². The van der Waals surface area contributed by atoms with Gasteiger partial charge in [-0.15, -0.1) is 0 Å². The molecule has 0 aromatic heterocycles. The first kappa shape index (κ1) is 23.3. The van der Waals surface area contributed by atoms with Gasteiger partial charge in [-0.2, -0.15) is 0 Å². The van der Waals surface area contributed by atoms with Crippen molar-refractivity contribution in [2.45, 2.75) is 45.6 Å². The summed E-state index contributed by atoms with van der Waals surface area (Å²) in [7, 11) is 0. The smallest absolute Gasteiger partial charge is 0.407 e. The number of carbonyl (C=O) groups is 3.